The van der Waals surface area contributed by atoms with Gasteiger partial charge in [0.25, 0.3) is 21.6 Å². The monoisotopic (exact) mass is 398 g/mol. The Morgan fingerprint density at radius 3 is 2.54 bits per heavy atom. The summed E-state index contributed by atoms with van der Waals surface area (Å²) >= 11 is 6.05. The van der Waals surface area contributed by atoms with Crippen LogP contribution in [0.2, 0.25) is 5.02 Å². The molecule has 3 N–H and O–H groups in total. The van der Waals surface area contributed by atoms with Crippen LogP contribution >= 0.6 is 11.6 Å². The minimum atomic E-state index is -4.46. The molecule has 0 aromatic heterocycles. The lowest BCUT2D eigenvalue weighted by Crippen LogP contribution is -2.43. The van der Waals surface area contributed by atoms with E-state index in [2.05, 4.69) is 0 Å². The second-order valence-electron chi connectivity index (χ2n) is 5.19. The average molecular weight is 399 g/mol. The van der Waals surface area contributed by atoms with Gasteiger partial charge in [-0.05, 0) is 30.7 Å². The number of carbonyl (C=O) groups excluding carboxylic acids is 1. The van der Waals surface area contributed by atoms with E-state index in [1.165, 1.54) is 24.3 Å². The van der Waals surface area contributed by atoms with Crippen LogP contribution in [0.25, 0.3) is 0 Å². The summed E-state index contributed by atoms with van der Waals surface area (Å²) in [6, 6.07) is 9.37. The number of halogens is 1. The topological polar surface area (TPSA) is 136 Å². The van der Waals surface area contributed by atoms with Gasteiger partial charge in [-0.15, -0.1) is 0 Å². The zero-order valence-electron chi connectivity index (χ0n) is 13.5. The number of nitrogens with one attached hydrogen (secondary N) is 1. The molecule has 0 spiro atoms. The van der Waals surface area contributed by atoms with Gasteiger partial charge in [-0.3, -0.25) is 24.6 Å². The molecule has 0 unspecified atom stereocenters. The molecule has 0 aliphatic heterocycles. The summed E-state index contributed by atoms with van der Waals surface area (Å²) in [5.74, 6) is 4.27. The second-order valence-corrected chi connectivity index (χ2v) is 7.43. The lowest BCUT2D eigenvalue weighted by Gasteiger charge is -2.25. The average Bonchev–Trinajstić information content (AvgIpc) is 2.62. The van der Waals surface area contributed by atoms with Gasteiger partial charge in [0.2, 0.25) is 0 Å². The number of hydrogen-bond acceptors (Lipinski definition) is 6. The van der Waals surface area contributed by atoms with E-state index in [9.17, 15) is 23.3 Å². The first kappa shape index (κ1) is 19.6. The number of carbonyl (C=O) groups is 1. The van der Waals surface area contributed by atoms with Crippen molar-refractivity contribution in [3.63, 3.8) is 0 Å². The summed E-state index contributed by atoms with van der Waals surface area (Å²) in [5, 5.41) is 11.5. The van der Waals surface area contributed by atoms with E-state index in [0.717, 1.165) is 16.4 Å². The molecule has 0 saturated carbocycles. The SMILES string of the molecule is Cc1c(Cl)cccc1N(CC(=O)NN)S(=O)(=O)c1ccccc1[N+](=O)[O-]. The molecule has 0 heterocycles. The van der Waals surface area contributed by atoms with Crippen LogP contribution in [0, 0.1) is 17.0 Å². The normalized spacial score (nSPS) is 11.0. The van der Waals surface area contributed by atoms with E-state index in [1.54, 1.807) is 13.0 Å². The van der Waals surface area contributed by atoms with E-state index >= 15 is 0 Å². The number of hydrogen-bond donors (Lipinski definition) is 2. The zero-order valence-corrected chi connectivity index (χ0v) is 15.1. The Morgan fingerprint density at radius 1 is 1.27 bits per heavy atom. The van der Waals surface area contributed by atoms with Crippen LogP contribution in [0.1, 0.15) is 5.56 Å². The molecule has 0 fully saturated rings. The third-order valence-electron chi connectivity index (χ3n) is 3.59. The molecule has 26 heavy (non-hydrogen) atoms. The molecule has 9 nitrogen and oxygen atoms in total. The molecule has 2 rings (SSSR count). The van der Waals surface area contributed by atoms with Crippen LogP contribution < -0.4 is 15.6 Å². The van der Waals surface area contributed by atoms with Crippen LogP contribution in [0.5, 0.6) is 0 Å². The first-order valence-corrected chi connectivity index (χ1v) is 9.02. The Bertz CT molecular complexity index is 964. The minimum Gasteiger partial charge on any atom is -0.293 e. The number of benzene rings is 2. The summed E-state index contributed by atoms with van der Waals surface area (Å²) in [4.78, 5) is 21.7. The zero-order chi connectivity index (χ0) is 19.5. The van der Waals surface area contributed by atoms with Crippen molar-refractivity contribution in [1.82, 2.24) is 5.43 Å². The van der Waals surface area contributed by atoms with Crippen molar-refractivity contribution < 1.29 is 18.1 Å². The van der Waals surface area contributed by atoms with Crippen LogP contribution in [-0.4, -0.2) is 25.8 Å². The van der Waals surface area contributed by atoms with E-state index in [0.29, 0.717) is 5.56 Å². The second kappa shape index (κ2) is 7.68. The Balaban J connectivity index is 2.71. The van der Waals surface area contributed by atoms with Gasteiger partial charge >= 0.3 is 0 Å². The van der Waals surface area contributed by atoms with Gasteiger partial charge < -0.3 is 0 Å². The van der Waals surface area contributed by atoms with Gasteiger partial charge in [0, 0.05) is 11.1 Å². The maximum absolute atomic E-state index is 13.1. The minimum absolute atomic E-state index is 0.110. The predicted octanol–water partition coefficient (Wildman–Crippen LogP) is 1.74. The highest BCUT2D eigenvalue weighted by Gasteiger charge is 2.33. The van der Waals surface area contributed by atoms with Crippen LogP contribution in [0.3, 0.4) is 0 Å². The number of hydrazine groups is 1. The first-order chi connectivity index (χ1) is 12.2. The Labute approximate surface area is 154 Å². The number of nitro groups is 1. The molecule has 0 aliphatic carbocycles. The molecule has 138 valence electrons. The van der Waals surface area contributed by atoms with Crippen molar-refractivity contribution in [1.29, 1.82) is 0 Å². The van der Waals surface area contributed by atoms with Crippen molar-refractivity contribution in [2.75, 3.05) is 10.8 Å². The molecule has 0 aliphatic rings. The summed E-state index contributed by atoms with van der Waals surface area (Å²) in [6.45, 7) is 0.895. The van der Waals surface area contributed by atoms with E-state index < -0.39 is 38.0 Å². The predicted molar refractivity (Wildman–Crippen MR) is 96.1 cm³/mol. The molecular weight excluding hydrogens is 384 g/mol. The van der Waals surface area contributed by atoms with Crippen LogP contribution in [-0.2, 0) is 14.8 Å². The van der Waals surface area contributed by atoms with Gasteiger partial charge in [0.05, 0.1) is 10.6 Å². The molecule has 1 amide bonds. The number of rotatable bonds is 6. The number of nitrogens with two attached hydrogens (primary N) is 1. The third kappa shape index (κ3) is 3.77. The number of anilines is 1. The van der Waals surface area contributed by atoms with E-state index in [-0.39, 0.29) is 10.7 Å². The van der Waals surface area contributed by atoms with Gasteiger partial charge in [0.15, 0.2) is 4.90 Å². The highest BCUT2D eigenvalue weighted by atomic mass is 35.5. The summed E-state index contributed by atoms with van der Waals surface area (Å²) in [6.07, 6.45) is 0. The van der Waals surface area contributed by atoms with Gasteiger partial charge in [0.1, 0.15) is 6.54 Å². The largest absolute Gasteiger partial charge is 0.293 e. The summed E-state index contributed by atoms with van der Waals surface area (Å²) in [5.41, 5.74) is 1.74. The number of amides is 1. The van der Waals surface area contributed by atoms with Crippen molar-refractivity contribution in [3.8, 4) is 0 Å². The van der Waals surface area contributed by atoms with E-state index in [1.807, 2.05) is 5.43 Å². The molecule has 0 radical (unpaired) electrons. The van der Waals surface area contributed by atoms with Crippen molar-refractivity contribution >= 4 is 38.9 Å². The van der Waals surface area contributed by atoms with Gasteiger partial charge in [-0.2, -0.15) is 0 Å². The highest BCUT2D eigenvalue weighted by molar-refractivity contribution is 7.93. The fourth-order valence-electron chi connectivity index (χ4n) is 2.29. The standard InChI is InChI=1S/C15H15ClN4O5S/c1-10-11(16)5-4-7-12(10)19(9-15(21)18-17)26(24,25)14-8-3-2-6-13(14)20(22)23/h2-8H,9,17H2,1H3,(H,18,21). The van der Waals surface area contributed by atoms with Crippen molar-refractivity contribution in [2.24, 2.45) is 5.84 Å². The number of nitro benzene ring substituents is 1. The molecule has 0 saturated heterocycles. The molecule has 0 atom stereocenters. The smallest absolute Gasteiger partial charge is 0.289 e. The fraction of sp³-hybridized carbons (Fsp3) is 0.133. The maximum Gasteiger partial charge on any atom is 0.289 e. The molecule has 0 bridgehead atoms. The van der Waals surface area contributed by atoms with E-state index in [4.69, 9.17) is 17.4 Å². The maximum atomic E-state index is 13.1. The Morgan fingerprint density at radius 2 is 1.92 bits per heavy atom. The molecular formula is C15H15ClN4O5S. The summed E-state index contributed by atoms with van der Waals surface area (Å²) in [7, 11) is -4.46. The van der Waals surface area contributed by atoms with Crippen molar-refractivity contribution in [3.05, 3.63) is 63.2 Å². The van der Waals surface area contributed by atoms with Gasteiger partial charge in [-0.25, -0.2) is 14.3 Å². The lowest BCUT2D eigenvalue weighted by atomic mass is 10.2. The Kier molecular flexibility index (Phi) is 5.80. The number of nitrogens with zero attached hydrogens (tertiary/aromatic N) is 2. The van der Waals surface area contributed by atoms with Crippen molar-refractivity contribution in [2.45, 2.75) is 11.8 Å². The van der Waals surface area contributed by atoms with Crippen LogP contribution in [0.4, 0.5) is 11.4 Å². The highest BCUT2D eigenvalue weighted by Crippen LogP contribution is 2.33. The first-order valence-electron chi connectivity index (χ1n) is 7.21. The molecule has 2 aromatic rings. The molecule has 2 aromatic carbocycles. The molecule has 11 heteroatoms. The third-order valence-corrected chi connectivity index (χ3v) is 5.80. The van der Waals surface area contributed by atoms with Crippen LogP contribution in [0.15, 0.2) is 47.4 Å². The number of para-hydroxylation sites is 1. The quantitative estimate of drug-likeness (QED) is 0.329. The number of sulfonamides is 1. The lowest BCUT2D eigenvalue weighted by molar-refractivity contribution is -0.387. The summed E-state index contributed by atoms with van der Waals surface area (Å²) < 4.78 is 27.0. The Hall–Kier alpha value is -2.69. The van der Waals surface area contributed by atoms with Gasteiger partial charge in [-0.1, -0.05) is 29.8 Å². The fourth-order valence-corrected chi connectivity index (χ4v) is 4.10.